The summed E-state index contributed by atoms with van der Waals surface area (Å²) < 4.78 is 0. The van der Waals surface area contributed by atoms with E-state index < -0.39 is 5.97 Å². The molecule has 1 aromatic carbocycles. The van der Waals surface area contributed by atoms with Crippen LogP contribution in [0.2, 0.25) is 0 Å². The van der Waals surface area contributed by atoms with E-state index in [-0.39, 0.29) is 11.8 Å². The highest BCUT2D eigenvalue weighted by Gasteiger charge is 2.36. The third-order valence-electron chi connectivity index (χ3n) is 3.79. The molecule has 0 aromatic heterocycles. The van der Waals surface area contributed by atoms with Crippen LogP contribution in [0, 0.1) is 11.8 Å². The van der Waals surface area contributed by atoms with E-state index >= 15 is 0 Å². The smallest absolute Gasteiger partial charge is 0.308 e. The number of carboxylic acids is 1. The number of hydrogen-bond donors (Lipinski definition) is 1. The highest BCUT2D eigenvalue weighted by atomic mass is 16.4. The second-order valence-electron chi connectivity index (χ2n) is 4.96. The van der Waals surface area contributed by atoms with Gasteiger partial charge in [0, 0.05) is 19.1 Å². The van der Waals surface area contributed by atoms with Crippen molar-refractivity contribution in [1.29, 1.82) is 0 Å². The molecule has 3 nitrogen and oxygen atoms in total. The highest BCUT2D eigenvalue weighted by Crippen LogP contribution is 2.30. The van der Waals surface area contributed by atoms with Crippen LogP contribution in [0.1, 0.15) is 25.5 Å². The van der Waals surface area contributed by atoms with Gasteiger partial charge in [0.1, 0.15) is 0 Å². The molecular weight excluding hydrogens is 214 g/mol. The fourth-order valence-corrected chi connectivity index (χ4v) is 2.58. The summed E-state index contributed by atoms with van der Waals surface area (Å²) in [6.07, 6.45) is 0. The van der Waals surface area contributed by atoms with Gasteiger partial charge in [0.15, 0.2) is 0 Å². The van der Waals surface area contributed by atoms with E-state index in [1.165, 1.54) is 5.56 Å². The zero-order chi connectivity index (χ0) is 12.4. The minimum absolute atomic E-state index is 0.221. The fourth-order valence-electron chi connectivity index (χ4n) is 2.58. The molecule has 0 aliphatic carbocycles. The first-order valence-corrected chi connectivity index (χ1v) is 6.11. The largest absolute Gasteiger partial charge is 0.481 e. The molecule has 17 heavy (non-hydrogen) atoms. The van der Waals surface area contributed by atoms with E-state index in [0.717, 1.165) is 6.54 Å². The lowest BCUT2D eigenvalue weighted by atomic mass is 9.99. The quantitative estimate of drug-likeness (QED) is 0.871. The molecule has 3 atom stereocenters. The van der Waals surface area contributed by atoms with Gasteiger partial charge < -0.3 is 5.11 Å². The molecular formula is C14H19NO2. The summed E-state index contributed by atoms with van der Waals surface area (Å²) in [6.45, 7) is 5.70. The van der Waals surface area contributed by atoms with Crippen LogP contribution in [-0.4, -0.2) is 29.1 Å². The van der Waals surface area contributed by atoms with Gasteiger partial charge in [-0.1, -0.05) is 37.3 Å². The Balaban J connectivity index is 2.08. The molecule has 1 heterocycles. The predicted octanol–water partition coefficient (Wildman–Crippen LogP) is 2.40. The van der Waals surface area contributed by atoms with Crippen molar-refractivity contribution in [1.82, 2.24) is 4.90 Å². The molecule has 0 amide bonds. The van der Waals surface area contributed by atoms with E-state index in [4.69, 9.17) is 5.11 Å². The number of carbonyl (C=O) groups is 1. The fraction of sp³-hybridized carbons (Fsp3) is 0.500. The van der Waals surface area contributed by atoms with Gasteiger partial charge in [0.25, 0.3) is 0 Å². The van der Waals surface area contributed by atoms with Crippen LogP contribution in [0.25, 0.3) is 0 Å². The van der Waals surface area contributed by atoms with E-state index in [9.17, 15) is 4.79 Å². The summed E-state index contributed by atoms with van der Waals surface area (Å²) in [5.74, 6) is -0.653. The topological polar surface area (TPSA) is 40.5 Å². The minimum atomic E-state index is -0.666. The number of hydrogen-bond acceptors (Lipinski definition) is 2. The number of rotatable bonds is 3. The Bertz CT molecular complexity index is 390. The van der Waals surface area contributed by atoms with Crippen LogP contribution >= 0.6 is 0 Å². The first kappa shape index (κ1) is 12.1. The third-order valence-corrected chi connectivity index (χ3v) is 3.79. The van der Waals surface area contributed by atoms with Gasteiger partial charge in [-0.15, -0.1) is 0 Å². The maximum atomic E-state index is 11.1. The summed E-state index contributed by atoms with van der Waals surface area (Å²) in [7, 11) is 0. The minimum Gasteiger partial charge on any atom is -0.481 e. The van der Waals surface area contributed by atoms with Gasteiger partial charge >= 0.3 is 5.97 Å². The molecule has 1 aliphatic rings. The summed E-state index contributed by atoms with van der Waals surface area (Å²) in [5, 5.41) is 9.13. The molecule has 1 aromatic rings. The average molecular weight is 233 g/mol. The molecule has 1 unspecified atom stereocenters. The van der Waals surface area contributed by atoms with Crippen LogP contribution in [0.15, 0.2) is 30.3 Å². The van der Waals surface area contributed by atoms with Crippen LogP contribution in [0.5, 0.6) is 0 Å². The molecule has 92 valence electrons. The number of benzene rings is 1. The van der Waals surface area contributed by atoms with Gasteiger partial charge in [-0.2, -0.15) is 0 Å². The normalized spacial score (nSPS) is 26.9. The monoisotopic (exact) mass is 233 g/mol. The predicted molar refractivity (Wildman–Crippen MR) is 66.7 cm³/mol. The molecule has 1 aliphatic heterocycles. The van der Waals surface area contributed by atoms with Gasteiger partial charge in [-0.3, -0.25) is 9.69 Å². The van der Waals surface area contributed by atoms with Crippen LogP contribution in [0.4, 0.5) is 0 Å². The second-order valence-corrected chi connectivity index (χ2v) is 4.96. The van der Waals surface area contributed by atoms with Crippen molar-refractivity contribution >= 4 is 5.97 Å². The molecule has 1 saturated heterocycles. The summed E-state index contributed by atoms with van der Waals surface area (Å²) in [4.78, 5) is 13.4. The first-order chi connectivity index (χ1) is 8.09. The molecule has 1 fully saturated rings. The van der Waals surface area contributed by atoms with Crippen LogP contribution in [-0.2, 0) is 4.79 Å². The lowest BCUT2D eigenvalue weighted by molar-refractivity contribution is -0.142. The van der Waals surface area contributed by atoms with E-state index in [1.807, 2.05) is 25.1 Å². The number of nitrogens with zero attached hydrogens (tertiary/aromatic N) is 1. The van der Waals surface area contributed by atoms with E-state index in [2.05, 4.69) is 24.0 Å². The van der Waals surface area contributed by atoms with Crippen molar-refractivity contribution in [3.05, 3.63) is 35.9 Å². The molecule has 0 bridgehead atoms. The van der Waals surface area contributed by atoms with Gasteiger partial charge in [-0.25, -0.2) is 0 Å². The maximum Gasteiger partial charge on any atom is 0.308 e. The molecule has 0 spiro atoms. The zero-order valence-corrected chi connectivity index (χ0v) is 10.3. The Labute approximate surface area is 102 Å². The zero-order valence-electron chi connectivity index (χ0n) is 10.3. The molecule has 0 saturated carbocycles. The molecule has 2 rings (SSSR count). The van der Waals surface area contributed by atoms with Gasteiger partial charge in [0.2, 0.25) is 0 Å². The number of aliphatic carboxylic acids is 1. The van der Waals surface area contributed by atoms with Gasteiger partial charge in [-0.05, 0) is 18.4 Å². The Hall–Kier alpha value is -1.35. The lowest BCUT2D eigenvalue weighted by Crippen LogP contribution is -2.26. The van der Waals surface area contributed by atoms with Crippen molar-refractivity contribution in [2.75, 3.05) is 13.1 Å². The van der Waals surface area contributed by atoms with Crippen LogP contribution < -0.4 is 0 Å². The highest BCUT2D eigenvalue weighted by molar-refractivity contribution is 5.71. The van der Waals surface area contributed by atoms with Crippen molar-refractivity contribution in [2.45, 2.75) is 19.9 Å². The first-order valence-electron chi connectivity index (χ1n) is 6.11. The standard InChI is InChI=1S/C14H19NO2/c1-10-8-15(9-13(10)14(16)17)11(2)12-6-4-3-5-7-12/h3-7,10-11,13H,8-9H2,1-2H3,(H,16,17)/t10-,11?,13-/m1/s1. The number of carboxylic acid groups (broad SMARTS) is 1. The third kappa shape index (κ3) is 2.50. The Morgan fingerprint density at radius 3 is 2.53 bits per heavy atom. The summed E-state index contributed by atoms with van der Waals surface area (Å²) >= 11 is 0. The molecule has 0 radical (unpaired) electrons. The Morgan fingerprint density at radius 2 is 2.00 bits per heavy atom. The second kappa shape index (κ2) is 4.88. The molecule has 3 heteroatoms. The van der Waals surface area contributed by atoms with E-state index in [0.29, 0.717) is 12.6 Å². The SMILES string of the molecule is CC(c1ccccc1)N1C[C@@H](C)[C@H](C(=O)O)C1. The van der Waals surface area contributed by atoms with Crippen molar-refractivity contribution in [3.63, 3.8) is 0 Å². The maximum absolute atomic E-state index is 11.1. The van der Waals surface area contributed by atoms with Crippen LogP contribution in [0.3, 0.4) is 0 Å². The molecule has 1 N–H and O–H groups in total. The Morgan fingerprint density at radius 1 is 1.35 bits per heavy atom. The van der Waals surface area contributed by atoms with Crippen molar-refractivity contribution in [3.8, 4) is 0 Å². The number of likely N-dealkylation sites (tertiary alicyclic amines) is 1. The van der Waals surface area contributed by atoms with Crippen molar-refractivity contribution in [2.24, 2.45) is 11.8 Å². The summed E-state index contributed by atoms with van der Waals surface area (Å²) in [5.41, 5.74) is 1.26. The summed E-state index contributed by atoms with van der Waals surface area (Å²) in [6, 6.07) is 10.6. The Kier molecular flexibility index (Phi) is 3.48. The van der Waals surface area contributed by atoms with E-state index in [1.54, 1.807) is 0 Å². The van der Waals surface area contributed by atoms with Gasteiger partial charge in [0.05, 0.1) is 5.92 Å². The van der Waals surface area contributed by atoms with Crippen molar-refractivity contribution < 1.29 is 9.90 Å². The lowest BCUT2D eigenvalue weighted by Gasteiger charge is -2.24. The average Bonchev–Trinajstić information content (AvgIpc) is 2.71.